The van der Waals surface area contributed by atoms with E-state index in [1.807, 2.05) is 33.4 Å². The normalized spacial score (nSPS) is 13.0. The Kier molecular flexibility index (Phi) is 2.74. The van der Waals surface area contributed by atoms with Crippen molar-refractivity contribution in [2.45, 2.75) is 19.4 Å². The number of aromatic nitrogens is 5. The molecule has 0 spiro atoms. The summed E-state index contributed by atoms with van der Waals surface area (Å²) in [6.07, 6.45) is 4.52. The highest BCUT2D eigenvalue weighted by atomic mass is 15.4. The van der Waals surface area contributed by atoms with Gasteiger partial charge in [-0.25, -0.2) is 0 Å². The summed E-state index contributed by atoms with van der Waals surface area (Å²) in [5.74, 6) is 0. The van der Waals surface area contributed by atoms with Crippen LogP contribution >= 0.6 is 0 Å². The minimum absolute atomic E-state index is 0.0783. The smallest absolute Gasteiger partial charge is 0.0845 e. The van der Waals surface area contributed by atoms with Crippen LogP contribution in [0.3, 0.4) is 0 Å². The SMILES string of the molecule is Cc1nn(C)cc1C(N)Cc1cn(C)nn1. The highest BCUT2D eigenvalue weighted by Gasteiger charge is 2.14. The molecule has 0 saturated carbocycles. The molecule has 1 unspecified atom stereocenters. The van der Waals surface area contributed by atoms with Crippen LogP contribution in [0, 0.1) is 6.92 Å². The lowest BCUT2D eigenvalue weighted by molar-refractivity contribution is 0.690. The van der Waals surface area contributed by atoms with E-state index in [4.69, 9.17) is 5.73 Å². The van der Waals surface area contributed by atoms with Crippen LogP contribution in [0.5, 0.6) is 0 Å². The van der Waals surface area contributed by atoms with E-state index < -0.39 is 0 Å². The molecule has 2 N–H and O–H groups in total. The largest absolute Gasteiger partial charge is 0.324 e. The molecule has 0 bridgehead atoms. The van der Waals surface area contributed by atoms with Crippen LogP contribution in [-0.2, 0) is 20.5 Å². The molecule has 6 heteroatoms. The van der Waals surface area contributed by atoms with E-state index in [0.29, 0.717) is 6.42 Å². The summed E-state index contributed by atoms with van der Waals surface area (Å²) in [6, 6.07) is -0.0783. The molecule has 0 amide bonds. The first-order chi connectivity index (χ1) is 7.56. The molecule has 2 rings (SSSR count). The molecule has 0 aliphatic carbocycles. The molecule has 6 nitrogen and oxygen atoms in total. The highest BCUT2D eigenvalue weighted by molar-refractivity contribution is 5.21. The first-order valence-electron chi connectivity index (χ1n) is 5.17. The van der Waals surface area contributed by atoms with Gasteiger partial charge in [0, 0.05) is 44.5 Å². The quantitative estimate of drug-likeness (QED) is 0.796. The minimum atomic E-state index is -0.0783. The molecule has 2 aromatic rings. The molecular weight excluding hydrogens is 204 g/mol. The van der Waals surface area contributed by atoms with Crippen molar-refractivity contribution >= 4 is 0 Å². The number of rotatable bonds is 3. The Balaban J connectivity index is 2.14. The van der Waals surface area contributed by atoms with Crippen molar-refractivity contribution in [3.8, 4) is 0 Å². The van der Waals surface area contributed by atoms with E-state index >= 15 is 0 Å². The second kappa shape index (κ2) is 4.05. The van der Waals surface area contributed by atoms with Gasteiger partial charge in [-0.2, -0.15) is 5.10 Å². The van der Waals surface area contributed by atoms with Crippen molar-refractivity contribution in [3.05, 3.63) is 29.3 Å². The number of nitrogens with zero attached hydrogens (tertiary/aromatic N) is 5. The lowest BCUT2D eigenvalue weighted by atomic mass is 10.0. The Labute approximate surface area is 94.1 Å². The third-order valence-electron chi connectivity index (χ3n) is 2.53. The average Bonchev–Trinajstić information content (AvgIpc) is 2.73. The van der Waals surface area contributed by atoms with E-state index in [1.54, 1.807) is 9.36 Å². The van der Waals surface area contributed by atoms with Crippen molar-refractivity contribution < 1.29 is 0 Å². The second-order valence-electron chi connectivity index (χ2n) is 4.04. The second-order valence-corrected chi connectivity index (χ2v) is 4.04. The molecule has 0 saturated heterocycles. The molecule has 2 heterocycles. The van der Waals surface area contributed by atoms with Gasteiger partial charge in [-0.3, -0.25) is 9.36 Å². The van der Waals surface area contributed by atoms with Gasteiger partial charge in [0.2, 0.25) is 0 Å². The fraction of sp³-hybridized carbons (Fsp3) is 0.500. The summed E-state index contributed by atoms with van der Waals surface area (Å²) in [7, 11) is 3.74. The molecular formula is C10H16N6. The lowest BCUT2D eigenvalue weighted by Gasteiger charge is -2.07. The van der Waals surface area contributed by atoms with Crippen molar-refractivity contribution in [2.24, 2.45) is 19.8 Å². The van der Waals surface area contributed by atoms with Gasteiger partial charge < -0.3 is 5.73 Å². The van der Waals surface area contributed by atoms with Gasteiger partial charge in [0.05, 0.1) is 11.4 Å². The predicted molar refractivity (Wildman–Crippen MR) is 59.6 cm³/mol. The van der Waals surface area contributed by atoms with Crippen molar-refractivity contribution in [1.29, 1.82) is 0 Å². The number of aryl methyl sites for hydroxylation is 3. The Morgan fingerprint density at radius 3 is 2.56 bits per heavy atom. The van der Waals surface area contributed by atoms with Gasteiger partial charge in [0.15, 0.2) is 0 Å². The highest BCUT2D eigenvalue weighted by Crippen LogP contribution is 2.17. The molecule has 0 aliphatic rings. The summed E-state index contributed by atoms with van der Waals surface area (Å²) in [6.45, 7) is 1.96. The average molecular weight is 220 g/mol. The Morgan fingerprint density at radius 2 is 2.06 bits per heavy atom. The maximum absolute atomic E-state index is 6.12. The summed E-state index contributed by atoms with van der Waals surface area (Å²) in [5.41, 5.74) is 9.06. The van der Waals surface area contributed by atoms with Gasteiger partial charge in [-0.15, -0.1) is 5.10 Å². The van der Waals surface area contributed by atoms with Crippen molar-refractivity contribution in [2.75, 3.05) is 0 Å². The van der Waals surface area contributed by atoms with E-state index in [-0.39, 0.29) is 6.04 Å². The van der Waals surface area contributed by atoms with Crippen molar-refractivity contribution in [3.63, 3.8) is 0 Å². The van der Waals surface area contributed by atoms with Crippen LogP contribution < -0.4 is 5.73 Å². The monoisotopic (exact) mass is 220 g/mol. The maximum atomic E-state index is 6.12. The predicted octanol–water partition coefficient (Wildman–Crippen LogP) is 0.0995. The summed E-state index contributed by atoms with van der Waals surface area (Å²) in [4.78, 5) is 0. The summed E-state index contributed by atoms with van der Waals surface area (Å²) >= 11 is 0. The van der Waals surface area contributed by atoms with Crippen LogP contribution in [0.4, 0.5) is 0 Å². The van der Waals surface area contributed by atoms with Gasteiger partial charge in [0.1, 0.15) is 0 Å². The third-order valence-corrected chi connectivity index (χ3v) is 2.53. The Bertz CT molecular complexity index is 483. The van der Waals surface area contributed by atoms with Gasteiger partial charge in [-0.05, 0) is 6.92 Å². The fourth-order valence-corrected chi connectivity index (χ4v) is 1.81. The van der Waals surface area contributed by atoms with Crippen LogP contribution in [0.2, 0.25) is 0 Å². The first kappa shape index (κ1) is 10.8. The van der Waals surface area contributed by atoms with Crippen LogP contribution in [0.1, 0.15) is 23.0 Å². The molecule has 0 fully saturated rings. The number of hydrogen-bond acceptors (Lipinski definition) is 4. The molecule has 16 heavy (non-hydrogen) atoms. The Morgan fingerprint density at radius 1 is 1.31 bits per heavy atom. The summed E-state index contributed by atoms with van der Waals surface area (Å²) in [5, 5.41) is 12.2. The van der Waals surface area contributed by atoms with Crippen molar-refractivity contribution in [1.82, 2.24) is 24.8 Å². The zero-order valence-electron chi connectivity index (χ0n) is 9.75. The first-order valence-corrected chi connectivity index (χ1v) is 5.17. The van der Waals surface area contributed by atoms with Gasteiger partial charge in [-0.1, -0.05) is 5.21 Å². The van der Waals surface area contributed by atoms with E-state index in [0.717, 1.165) is 17.0 Å². The molecule has 0 aromatic carbocycles. The number of hydrogen-bond donors (Lipinski definition) is 1. The standard InChI is InChI=1S/C10H16N6/c1-7-9(6-15(2)13-7)10(11)4-8-5-16(3)14-12-8/h5-6,10H,4,11H2,1-3H3. The lowest BCUT2D eigenvalue weighted by Crippen LogP contribution is -2.14. The molecule has 0 radical (unpaired) electrons. The summed E-state index contributed by atoms with van der Waals surface area (Å²) < 4.78 is 3.46. The van der Waals surface area contributed by atoms with Crippen LogP contribution in [0.25, 0.3) is 0 Å². The Hall–Kier alpha value is -1.69. The van der Waals surface area contributed by atoms with E-state index in [1.165, 1.54) is 0 Å². The maximum Gasteiger partial charge on any atom is 0.0845 e. The zero-order valence-corrected chi connectivity index (χ0v) is 9.75. The molecule has 0 aliphatic heterocycles. The third kappa shape index (κ3) is 2.11. The number of nitrogens with two attached hydrogens (primary N) is 1. The topological polar surface area (TPSA) is 74.6 Å². The fourth-order valence-electron chi connectivity index (χ4n) is 1.81. The zero-order chi connectivity index (χ0) is 11.7. The molecule has 2 aromatic heterocycles. The van der Waals surface area contributed by atoms with E-state index in [2.05, 4.69) is 15.4 Å². The van der Waals surface area contributed by atoms with E-state index in [9.17, 15) is 0 Å². The van der Waals surface area contributed by atoms with Crippen LogP contribution in [0.15, 0.2) is 12.4 Å². The van der Waals surface area contributed by atoms with Gasteiger partial charge in [0.25, 0.3) is 0 Å². The molecule has 1 atom stereocenters. The minimum Gasteiger partial charge on any atom is -0.324 e. The van der Waals surface area contributed by atoms with Gasteiger partial charge >= 0.3 is 0 Å². The molecule has 86 valence electrons. The van der Waals surface area contributed by atoms with Crippen LogP contribution in [-0.4, -0.2) is 24.8 Å².